The minimum absolute atomic E-state index is 0.0739. The predicted octanol–water partition coefficient (Wildman–Crippen LogP) is 3.16. The van der Waals surface area contributed by atoms with E-state index < -0.39 is 0 Å². The molecule has 1 aromatic carbocycles. The average Bonchev–Trinajstić information content (AvgIpc) is 2.74. The Bertz CT molecular complexity index is 1110. The fourth-order valence-electron chi connectivity index (χ4n) is 3.75. The molecule has 2 heterocycles. The van der Waals surface area contributed by atoms with Gasteiger partial charge in [-0.3, -0.25) is 23.7 Å². The number of hydrogen-bond acceptors (Lipinski definition) is 4. The third kappa shape index (κ3) is 3.96. The number of nitrogens with zero attached hydrogens (tertiary/aromatic N) is 4. The Morgan fingerprint density at radius 3 is 2.71 bits per heavy atom. The van der Waals surface area contributed by atoms with E-state index in [4.69, 9.17) is 4.99 Å². The first-order valence-corrected chi connectivity index (χ1v) is 9.91. The number of aryl methyl sites for hydroxylation is 1. The van der Waals surface area contributed by atoms with Crippen molar-refractivity contribution in [3.05, 3.63) is 70.8 Å². The Labute approximate surface area is 163 Å². The van der Waals surface area contributed by atoms with Crippen LogP contribution in [0.25, 0.3) is 10.9 Å². The monoisotopic (exact) mass is 376 g/mol. The van der Waals surface area contributed by atoms with Gasteiger partial charge in [-0.15, -0.1) is 0 Å². The van der Waals surface area contributed by atoms with Gasteiger partial charge >= 0.3 is 0 Å². The summed E-state index contributed by atoms with van der Waals surface area (Å²) in [6.07, 6.45) is 9.32. The summed E-state index contributed by atoms with van der Waals surface area (Å²) in [6.45, 7) is 0.292. The molecular weight excluding hydrogens is 352 g/mol. The lowest BCUT2D eigenvalue weighted by atomic mass is 9.96. The minimum Gasteiger partial charge on any atom is -0.298 e. The van der Waals surface area contributed by atoms with Crippen molar-refractivity contribution in [1.82, 2.24) is 14.1 Å². The molecule has 6 heteroatoms. The number of para-hydroxylation sites is 1. The van der Waals surface area contributed by atoms with E-state index in [1.54, 1.807) is 16.8 Å². The molecule has 0 bridgehead atoms. The van der Waals surface area contributed by atoms with Gasteiger partial charge in [0.2, 0.25) is 5.91 Å². The molecular formula is C22H24N4O2. The second-order valence-electron chi connectivity index (χ2n) is 7.25. The smallest absolute Gasteiger partial charge is 0.261 e. The number of carbonyl (C=O) groups excluding carboxylic acids is 1. The van der Waals surface area contributed by atoms with Crippen LogP contribution in [0.4, 0.5) is 0 Å². The van der Waals surface area contributed by atoms with Gasteiger partial charge in [0.15, 0.2) is 0 Å². The zero-order valence-corrected chi connectivity index (χ0v) is 15.8. The fourth-order valence-corrected chi connectivity index (χ4v) is 3.75. The molecule has 1 fully saturated rings. The summed E-state index contributed by atoms with van der Waals surface area (Å²) in [7, 11) is 0. The van der Waals surface area contributed by atoms with E-state index >= 15 is 0 Å². The Balaban J connectivity index is 1.54. The lowest BCUT2D eigenvalue weighted by Crippen LogP contribution is -2.30. The number of benzene rings is 1. The maximum absolute atomic E-state index is 12.8. The molecule has 144 valence electrons. The van der Waals surface area contributed by atoms with Gasteiger partial charge in [0.05, 0.1) is 23.3 Å². The Hall–Kier alpha value is -3.02. The van der Waals surface area contributed by atoms with E-state index in [-0.39, 0.29) is 17.9 Å². The predicted molar refractivity (Wildman–Crippen MR) is 108 cm³/mol. The molecule has 0 spiro atoms. The van der Waals surface area contributed by atoms with Gasteiger partial charge < -0.3 is 0 Å². The van der Waals surface area contributed by atoms with Crippen molar-refractivity contribution in [2.75, 3.05) is 0 Å². The molecule has 1 saturated carbocycles. The van der Waals surface area contributed by atoms with Gasteiger partial charge in [-0.05, 0) is 37.1 Å². The van der Waals surface area contributed by atoms with Crippen LogP contribution >= 0.6 is 0 Å². The zero-order chi connectivity index (χ0) is 19.3. The zero-order valence-electron chi connectivity index (χ0n) is 15.8. The molecule has 0 amide bonds. The van der Waals surface area contributed by atoms with Crippen LogP contribution in [0.5, 0.6) is 0 Å². The van der Waals surface area contributed by atoms with Gasteiger partial charge in [0.25, 0.3) is 5.56 Å². The second kappa shape index (κ2) is 8.33. The van der Waals surface area contributed by atoms with Crippen LogP contribution in [0.1, 0.15) is 43.3 Å². The molecule has 3 aromatic rings. The molecule has 0 radical (unpaired) electrons. The highest BCUT2D eigenvalue weighted by Gasteiger charge is 2.13. The third-order valence-corrected chi connectivity index (χ3v) is 5.29. The summed E-state index contributed by atoms with van der Waals surface area (Å²) >= 11 is 0. The average molecular weight is 376 g/mol. The summed E-state index contributed by atoms with van der Waals surface area (Å²) < 4.78 is 3.11. The highest BCUT2D eigenvalue weighted by Crippen LogP contribution is 2.19. The molecule has 2 aromatic heterocycles. The maximum Gasteiger partial charge on any atom is 0.261 e. The second-order valence-corrected chi connectivity index (χ2v) is 7.25. The van der Waals surface area contributed by atoms with Crippen LogP contribution in [0.15, 0.2) is 64.8 Å². The fraction of sp³-hybridized carbons (Fsp3) is 0.364. The minimum atomic E-state index is -0.122. The van der Waals surface area contributed by atoms with Gasteiger partial charge in [-0.2, -0.15) is 0 Å². The number of carbonyl (C=O) groups is 1. The lowest BCUT2D eigenvalue weighted by Gasteiger charge is -2.17. The number of rotatable bonds is 4. The van der Waals surface area contributed by atoms with Crippen molar-refractivity contribution < 1.29 is 4.79 Å². The van der Waals surface area contributed by atoms with Crippen molar-refractivity contribution in [3.8, 4) is 0 Å². The number of hydrogen-bond donors (Lipinski definition) is 0. The van der Waals surface area contributed by atoms with Crippen molar-refractivity contribution in [2.24, 2.45) is 4.99 Å². The molecule has 4 rings (SSSR count). The normalized spacial score (nSPS) is 15.8. The Morgan fingerprint density at radius 2 is 1.86 bits per heavy atom. The highest BCUT2D eigenvalue weighted by molar-refractivity contribution is 5.79. The molecule has 0 atom stereocenters. The molecule has 0 unspecified atom stereocenters. The molecule has 0 saturated heterocycles. The third-order valence-electron chi connectivity index (χ3n) is 5.29. The summed E-state index contributed by atoms with van der Waals surface area (Å²) in [4.78, 5) is 34.5. The largest absolute Gasteiger partial charge is 0.298 e. The topological polar surface area (TPSA) is 69.2 Å². The van der Waals surface area contributed by atoms with Gasteiger partial charge in [-0.25, -0.2) is 4.98 Å². The van der Waals surface area contributed by atoms with Crippen LogP contribution < -0.4 is 11.0 Å². The van der Waals surface area contributed by atoms with Crippen molar-refractivity contribution >= 4 is 16.8 Å². The highest BCUT2D eigenvalue weighted by atomic mass is 16.2. The summed E-state index contributed by atoms with van der Waals surface area (Å²) in [5.41, 5.74) is 1.24. The van der Waals surface area contributed by atoms with Gasteiger partial charge in [-0.1, -0.05) is 37.5 Å². The van der Waals surface area contributed by atoms with Crippen molar-refractivity contribution in [2.45, 2.75) is 51.1 Å². The van der Waals surface area contributed by atoms with Crippen LogP contribution in [0.2, 0.25) is 0 Å². The molecule has 0 N–H and O–H groups in total. The van der Waals surface area contributed by atoms with Crippen LogP contribution in [0.3, 0.4) is 0 Å². The first kappa shape index (κ1) is 18.3. The lowest BCUT2D eigenvalue weighted by molar-refractivity contribution is 0.0890. The van der Waals surface area contributed by atoms with Gasteiger partial charge in [0, 0.05) is 19.2 Å². The van der Waals surface area contributed by atoms with E-state index in [1.165, 1.54) is 30.2 Å². The molecule has 1 aliphatic carbocycles. The molecule has 28 heavy (non-hydrogen) atoms. The quantitative estimate of drug-likeness (QED) is 0.702. The Morgan fingerprint density at radius 1 is 1.07 bits per heavy atom. The summed E-state index contributed by atoms with van der Waals surface area (Å²) in [5.74, 6) is -0.0739. The molecule has 0 aliphatic heterocycles. The standard InChI is InChI=1S/C22H24N4O2/c27-21(13-15-25-16-23-19-11-5-4-10-18(19)22(25)28)26-14-7-6-12-20(26)24-17-8-2-1-3-9-17/h4-7,10-12,14,16-17H,1-3,8-9,13,15H2. The first-order chi connectivity index (χ1) is 13.7. The van der Waals surface area contributed by atoms with E-state index in [2.05, 4.69) is 4.98 Å². The number of pyridine rings is 1. The van der Waals surface area contributed by atoms with E-state index in [0.717, 1.165) is 12.8 Å². The first-order valence-electron chi connectivity index (χ1n) is 9.91. The summed E-state index contributed by atoms with van der Waals surface area (Å²) in [5, 5.41) is 0.567. The summed E-state index contributed by atoms with van der Waals surface area (Å²) in [6, 6.07) is 13.2. The van der Waals surface area contributed by atoms with Crippen LogP contribution in [0, 0.1) is 0 Å². The maximum atomic E-state index is 12.8. The van der Waals surface area contributed by atoms with Crippen LogP contribution in [-0.4, -0.2) is 26.1 Å². The van der Waals surface area contributed by atoms with Gasteiger partial charge in [0.1, 0.15) is 5.49 Å². The molecule has 1 aliphatic rings. The van der Waals surface area contributed by atoms with Crippen molar-refractivity contribution in [3.63, 3.8) is 0 Å². The van der Waals surface area contributed by atoms with E-state index in [0.29, 0.717) is 29.0 Å². The van der Waals surface area contributed by atoms with E-state index in [9.17, 15) is 9.59 Å². The SMILES string of the molecule is O=C(CCn1cnc2ccccc2c1=O)n1ccccc1=NC1CCCCC1. The Kier molecular flexibility index (Phi) is 5.46. The molecule has 6 nitrogen and oxygen atoms in total. The number of fused-ring (bicyclic) bond motifs is 1. The van der Waals surface area contributed by atoms with E-state index in [1.807, 2.05) is 36.4 Å². The van der Waals surface area contributed by atoms with Crippen molar-refractivity contribution in [1.29, 1.82) is 0 Å². The van der Waals surface area contributed by atoms with Crippen LogP contribution in [-0.2, 0) is 6.54 Å². The number of aromatic nitrogens is 3.